The van der Waals surface area contributed by atoms with Gasteiger partial charge in [0.2, 0.25) is 0 Å². The zero-order chi connectivity index (χ0) is 9.36. The maximum Gasteiger partial charge on any atom is 0.124 e. The molecule has 0 aromatic carbocycles. The summed E-state index contributed by atoms with van der Waals surface area (Å²) in [5.74, 6) is 0. The third kappa shape index (κ3) is 4.65. The molecule has 0 amide bonds. The highest BCUT2D eigenvalue weighted by molar-refractivity contribution is 4.92. The third-order valence-electron chi connectivity index (χ3n) is 1.46. The van der Waals surface area contributed by atoms with Crippen LogP contribution in [0.1, 0.15) is 19.0 Å². The van der Waals surface area contributed by atoms with E-state index in [4.69, 9.17) is 9.47 Å². The zero-order valence-electron chi connectivity index (χ0n) is 7.86. The first-order chi connectivity index (χ1) is 6.43. The summed E-state index contributed by atoms with van der Waals surface area (Å²) in [6.07, 6.45) is 2.58. The van der Waals surface area contributed by atoms with E-state index in [0.717, 1.165) is 18.7 Å². The van der Waals surface area contributed by atoms with Gasteiger partial charge in [0.1, 0.15) is 12.0 Å². The van der Waals surface area contributed by atoms with Crippen molar-refractivity contribution in [3.63, 3.8) is 0 Å². The summed E-state index contributed by atoms with van der Waals surface area (Å²) in [6, 6.07) is 1.78. The van der Waals surface area contributed by atoms with Crippen LogP contribution in [0.2, 0.25) is 0 Å². The second kappa shape index (κ2) is 6.62. The van der Waals surface area contributed by atoms with Gasteiger partial charge in [-0.25, -0.2) is 0 Å². The smallest absolute Gasteiger partial charge is 0.124 e. The van der Waals surface area contributed by atoms with Gasteiger partial charge in [0.05, 0.1) is 19.8 Å². The van der Waals surface area contributed by atoms with E-state index < -0.39 is 0 Å². The van der Waals surface area contributed by atoms with Gasteiger partial charge in [-0.1, -0.05) is 12.1 Å². The van der Waals surface area contributed by atoms with E-state index in [1.807, 2.05) is 0 Å². The predicted octanol–water partition coefficient (Wildman–Crippen LogP) is 1.62. The first kappa shape index (κ1) is 10.2. The van der Waals surface area contributed by atoms with Gasteiger partial charge >= 0.3 is 0 Å². The fourth-order valence-corrected chi connectivity index (χ4v) is 0.853. The molecular formula is C9H15NO3. The number of rotatable bonds is 7. The first-order valence-corrected chi connectivity index (χ1v) is 4.48. The summed E-state index contributed by atoms with van der Waals surface area (Å²) in [4.78, 5) is 0. The van der Waals surface area contributed by atoms with E-state index in [0.29, 0.717) is 19.8 Å². The lowest BCUT2D eigenvalue weighted by Gasteiger charge is -2.02. The normalized spacial score (nSPS) is 10.5. The Bertz CT molecular complexity index is 199. The van der Waals surface area contributed by atoms with Crippen molar-refractivity contribution in [2.45, 2.75) is 20.0 Å². The number of aromatic nitrogens is 1. The maximum absolute atomic E-state index is 5.28. The summed E-state index contributed by atoms with van der Waals surface area (Å²) in [7, 11) is 0. The number of hydrogen-bond acceptors (Lipinski definition) is 4. The molecule has 4 heteroatoms. The van der Waals surface area contributed by atoms with Crippen LogP contribution in [-0.4, -0.2) is 25.0 Å². The van der Waals surface area contributed by atoms with Crippen molar-refractivity contribution < 1.29 is 14.0 Å². The molecule has 1 aromatic rings. The lowest BCUT2D eigenvalue weighted by atomic mass is 10.5. The quantitative estimate of drug-likeness (QED) is 0.605. The Kier molecular flexibility index (Phi) is 5.20. The fraction of sp³-hybridized carbons (Fsp3) is 0.667. The lowest BCUT2D eigenvalue weighted by molar-refractivity contribution is 0.0389. The van der Waals surface area contributed by atoms with Crippen molar-refractivity contribution in [1.82, 2.24) is 5.16 Å². The van der Waals surface area contributed by atoms with Crippen LogP contribution in [0.4, 0.5) is 0 Å². The van der Waals surface area contributed by atoms with E-state index in [1.165, 1.54) is 6.26 Å². The van der Waals surface area contributed by atoms with Crippen molar-refractivity contribution in [1.29, 1.82) is 0 Å². The molecule has 0 bridgehead atoms. The fourth-order valence-electron chi connectivity index (χ4n) is 0.853. The molecule has 0 unspecified atom stereocenters. The predicted molar refractivity (Wildman–Crippen MR) is 47.3 cm³/mol. The molecule has 0 fully saturated rings. The largest absolute Gasteiger partial charge is 0.379 e. The molecule has 1 heterocycles. The minimum Gasteiger partial charge on any atom is -0.379 e. The molecule has 0 saturated heterocycles. The van der Waals surface area contributed by atoms with Gasteiger partial charge in [0, 0.05) is 12.7 Å². The maximum atomic E-state index is 5.28. The highest BCUT2D eigenvalue weighted by atomic mass is 16.5. The van der Waals surface area contributed by atoms with Crippen LogP contribution < -0.4 is 0 Å². The van der Waals surface area contributed by atoms with E-state index in [9.17, 15) is 0 Å². The molecule has 0 spiro atoms. The van der Waals surface area contributed by atoms with Crippen molar-refractivity contribution >= 4 is 0 Å². The third-order valence-corrected chi connectivity index (χ3v) is 1.46. The molecule has 0 aliphatic heterocycles. The Morgan fingerprint density at radius 1 is 1.31 bits per heavy atom. The van der Waals surface area contributed by atoms with Crippen LogP contribution >= 0.6 is 0 Å². The van der Waals surface area contributed by atoms with E-state index in [1.54, 1.807) is 6.07 Å². The van der Waals surface area contributed by atoms with Crippen LogP contribution in [0.5, 0.6) is 0 Å². The van der Waals surface area contributed by atoms with Crippen molar-refractivity contribution in [3.05, 3.63) is 18.0 Å². The van der Waals surface area contributed by atoms with Crippen LogP contribution in [0.3, 0.4) is 0 Å². The van der Waals surface area contributed by atoms with Gasteiger partial charge < -0.3 is 14.0 Å². The average molecular weight is 185 g/mol. The Morgan fingerprint density at radius 2 is 2.15 bits per heavy atom. The summed E-state index contributed by atoms with van der Waals surface area (Å²) in [5, 5.41) is 3.71. The monoisotopic (exact) mass is 185 g/mol. The standard InChI is InChI=1S/C9H15NO3/c1-2-4-11-6-7-12-8-9-3-5-13-10-9/h3,5H,2,4,6-8H2,1H3. The molecule has 0 aliphatic carbocycles. The van der Waals surface area contributed by atoms with Crippen LogP contribution in [-0.2, 0) is 16.1 Å². The second-order valence-electron chi connectivity index (χ2n) is 2.66. The van der Waals surface area contributed by atoms with Gasteiger partial charge in [-0.15, -0.1) is 0 Å². The Morgan fingerprint density at radius 3 is 2.85 bits per heavy atom. The highest BCUT2D eigenvalue weighted by Gasteiger charge is 1.95. The molecule has 1 rings (SSSR count). The van der Waals surface area contributed by atoms with Crippen molar-refractivity contribution in [2.24, 2.45) is 0 Å². The molecule has 0 atom stereocenters. The first-order valence-electron chi connectivity index (χ1n) is 4.48. The van der Waals surface area contributed by atoms with Gasteiger partial charge in [-0.2, -0.15) is 0 Å². The van der Waals surface area contributed by atoms with Crippen molar-refractivity contribution in [3.8, 4) is 0 Å². The Labute approximate surface area is 77.8 Å². The van der Waals surface area contributed by atoms with Crippen LogP contribution in [0.25, 0.3) is 0 Å². The van der Waals surface area contributed by atoms with E-state index in [2.05, 4.69) is 16.6 Å². The second-order valence-corrected chi connectivity index (χ2v) is 2.66. The van der Waals surface area contributed by atoms with Gasteiger partial charge in [-0.3, -0.25) is 0 Å². The molecule has 13 heavy (non-hydrogen) atoms. The summed E-state index contributed by atoms with van der Waals surface area (Å²) in [5.41, 5.74) is 0.815. The topological polar surface area (TPSA) is 44.5 Å². The van der Waals surface area contributed by atoms with Gasteiger partial charge in [0.25, 0.3) is 0 Å². The van der Waals surface area contributed by atoms with Gasteiger partial charge in [-0.05, 0) is 6.42 Å². The Balaban J connectivity index is 1.90. The summed E-state index contributed by atoms with van der Waals surface area (Å²) < 4.78 is 15.2. The lowest BCUT2D eigenvalue weighted by Crippen LogP contribution is -2.04. The molecule has 0 radical (unpaired) electrons. The molecule has 4 nitrogen and oxygen atoms in total. The molecule has 1 aromatic heterocycles. The average Bonchev–Trinajstić information content (AvgIpc) is 2.63. The van der Waals surface area contributed by atoms with Crippen LogP contribution in [0, 0.1) is 0 Å². The van der Waals surface area contributed by atoms with Crippen LogP contribution in [0.15, 0.2) is 16.9 Å². The summed E-state index contributed by atoms with van der Waals surface area (Å²) >= 11 is 0. The SMILES string of the molecule is CCCOCCOCc1ccon1. The van der Waals surface area contributed by atoms with E-state index in [-0.39, 0.29) is 0 Å². The van der Waals surface area contributed by atoms with E-state index >= 15 is 0 Å². The highest BCUT2D eigenvalue weighted by Crippen LogP contribution is 1.96. The summed E-state index contributed by atoms with van der Waals surface area (Å²) in [6.45, 7) is 4.62. The molecule has 0 saturated carbocycles. The zero-order valence-corrected chi connectivity index (χ0v) is 7.86. The molecular weight excluding hydrogens is 170 g/mol. The van der Waals surface area contributed by atoms with Gasteiger partial charge in [0.15, 0.2) is 0 Å². The molecule has 74 valence electrons. The number of ether oxygens (including phenoxy) is 2. The number of nitrogens with zero attached hydrogens (tertiary/aromatic N) is 1. The minimum atomic E-state index is 0.492. The minimum absolute atomic E-state index is 0.492. The number of hydrogen-bond donors (Lipinski definition) is 0. The Hall–Kier alpha value is -0.870. The molecule has 0 aliphatic rings. The molecule has 0 N–H and O–H groups in total. The van der Waals surface area contributed by atoms with Crippen molar-refractivity contribution in [2.75, 3.05) is 19.8 Å².